The molecule has 10 heteroatoms. The number of anilines is 2. The molecule has 0 aliphatic rings. The molecule has 6 nitrogen and oxygen atoms in total. The van der Waals surface area contributed by atoms with Gasteiger partial charge < -0.3 is 5.32 Å². The van der Waals surface area contributed by atoms with E-state index in [1.807, 2.05) is 0 Å². The van der Waals surface area contributed by atoms with E-state index < -0.39 is 17.1 Å². The predicted octanol–water partition coefficient (Wildman–Crippen LogP) is 4.06. The molecule has 2 amide bonds. The van der Waals surface area contributed by atoms with Crippen LogP contribution in [0.25, 0.3) is 0 Å². The molecule has 3 rings (SSSR count). The number of carbonyl (C=O) groups is 2. The molecule has 1 heterocycles. The second-order valence-electron chi connectivity index (χ2n) is 5.26. The first-order valence-electron chi connectivity index (χ1n) is 7.51. The molecule has 0 aliphatic heterocycles. The summed E-state index contributed by atoms with van der Waals surface area (Å²) in [6.07, 6.45) is -4.61. The molecule has 0 spiro atoms. The van der Waals surface area contributed by atoms with E-state index in [2.05, 4.69) is 20.8 Å². The minimum absolute atomic E-state index is 0.191. The molecule has 0 fully saturated rings. The summed E-state index contributed by atoms with van der Waals surface area (Å²) < 4.78 is 37.5. The van der Waals surface area contributed by atoms with Crippen molar-refractivity contribution in [1.82, 2.24) is 10.2 Å². The molecule has 1 aromatic heterocycles. The molecule has 0 bridgehead atoms. The monoisotopic (exact) mass is 392 g/mol. The van der Waals surface area contributed by atoms with Crippen LogP contribution in [-0.2, 0) is 6.18 Å². The third-order valence-corrected chi connectivity index (χ3v) is 4.21. The van der Waals surface area contributed by atoms with Crippen molar-refractivity contribution in [2.75, 3.05) is 10.6 Å². The van der Waals surface area contributed by atoms with Gasteiger partial charge in [-0.25, -0.2) is 0 Å². The summed E-state index contributed by atoms with van der Waals surface area (Å²) in [4.78, 5) is 24.1. The lowest BCUT2D eigenvalue weighted by Crippen LogP contribution is -2.13. The molecule has 138 valence electrons. The first-order valence-corrected chi connectivity index (χ1v) is 8.33. The standard InChI is InChI=1S/C17H11F3N4O2S/c18-17(19,20)15-23-24-16(27-15)22-14(26)11-6-8-12(9-7-11)21-13(25)10-4-2-1-3-5-10/h1-9H,(H,21,25)(H,22,24,26). The Kier molecular flexibility index (Phi) is 5.17. The molecule has 3 aromatic rings. The Balaban J connectivity index is 1.63. The normalized spacial score (nSPS) is 11.1. The molecule has 0 aliphatic carbocycles. The minimum Gasteiger partial charge on any atom is -0.322 e. The highest BCUT2D eigenvalue weighted by Crippen LogP contribution is 2.33. The van der Waals surface area contributed by atoms with Crippen LogP contribution in [0.2, 0.25) is 0 Å². The third kappa shape index (κ3) is 4.67. The fraction of sp³-hybridized carbons (Fsp3) is 0.0588. The van der Waals surface area contributed by atoms with Crippen molar-refractivity contribution >= 4 is 34.0 Å². The maximum Gasteiger partial charge on any atom is 0.445 e. The molecular formula is C17H11F3N4O2S. The smallest absolute Gasteiger partial charge is 0.322 e. The van der Waals surface area contributed by atoms with Crippen molar-refractivity contribution in [2.24, 2.45) is 0 Å². The highest BCUT2D eigenvalue weighted by Gasteiger charge is 2.35. The van der Waals surface area contributed by atoms with Gasteiger partial charge >= 0.3 is 6.18 Å². The molecule has 0 radical (unpaired) electrons. The van der Waals surface area contributed by atoms with Gasteiger partial charge in [0.15, 0.2) is 0 Å². The van der Waals surface area contributed by atoms with Crippen molar-refractivity contribution < 1.29 is 22.8 Å². The zero-order chi connectivity index (χ0) is 19.4. The topological polar surface area (TPSA) is 84.0 Å². The van der Waals surface area contributed by atoms with Crippen LogP contribution in [0, 0.1) is 0 Å². The van der Waals surface area contributed by atoms with Gasteiger partial charge in [-0.15, -0.1) is 10.2 Å². The number of carbonyl (C=O) groups excluding carboxylic acids is 2. The number of nitrogens with one attached hydrogen (secondary N) is 2. The summed E-state index contributed by atoms with van der Waals surface area (Å²) in [5.41, 5.74) is 1.14. The van der Waals surface area contributed by atoms with E-state index in [0.717, 1.165) is 0 Å². The molecule has 2 N–H and O–H groups in total. The average molecular weight is 392 g/mol. The van der Waals surface area contributed by atoms with Gasteiger partial charge in [0.2, 0.25) is 10.1 Å². The van der Waals surface area contributed by atoms with E-state index in [0.29, 0.717) is 11.3 Å². The Labute approximate surface area is 155 Å². The van der Waals surface area contributed by atoms with Crippen molar-refractivity contribution in [3.05, 3.63) is 70.7 Å². The van der Waals surface area contributed by atoms with E-state index >= 15 is 0 Å². The number of hydrogen-bond donors (Lipinski definition) is 2. The Morgan fingerprint density at radius 3 is 2.00 bits per heavy atom. The van der Waals surface area contributed by atoms with E-state index in [1.165, 1.54) is 24.3 Å². The van der Waals surface area contributed by atoms with Crippen LogP contribution in [0.5, 0.6) is 0 Å². The van der Waals surface area contributed by atoms with E-state index in [-0.39, 0.29) is 27.9 Å². The number of rotatable bonds is 4. The lowest BCUT2D eigenvalue weighted by atomic mass is 10.1. The van der Waals surface area contributed by atoms with Crippen LogP contribution in [0.4, 0.5) is 24.0 Å². The van der Waals surface area contributed by atoms with Crippen molar-refractivity contribution in [2.45, 2.75) is 6.18 Å². The Hall–Kier alpha value is -3.27. The summed E-state index contributed by atoms with van der Waals surface area (Å²) in [5, 5.41) is 9.83. The summed E-state index contributed by atoms with van der Waals surface area (Å²) >= 11 is 0.236. The molecule has 0 atom stereocenters. The number of halogens is 3. The number of aromatic nitrogens is 2. The maximum atomic E-state index is 12.5. The van der Waals surface area contributed by atoms with Gasteiger partial charge in [0.25, 0.3) is 11.8 Å². The second kappa shape index (κ2) is 7.54. The van der Waals surface area contributed by atoms with Crippen LogP contribution in [0.3, 0.4) is 0 Å². The van der Waals surface area contributed by atoms with E-state index in [9.17, 15) is 22.8 Å². The number of amides is 2. The first kappa shape index (κ1) is 18.5. The summed E-state index contributed by atoms with van der Waals surface area (Å²) in [6, 6.07) is 14.5. The zero-order valence-electron chi connectivity index (χ0n) is 13.4. The fourth-order valence-corrected chi connectivity index (χ4v) is 2.66. The molecular weight excluding hydrogens is 381 g/mol. The van der Waals surface area contributed by atoms with Crippen LogP contribution in [-0.4, -0.2) is 22.0 Å². The van der Waals surface area contributed by atoms with Crippen molar-refractivity contribution in [1.29, 1.82) is 0 Å². The Morgan fingerprint density at radius 2 is 1.41 bits per heavy atom. The molecule has 27 heavy (non-hydrogen) atoms. The molecule has 0 saturated carbocycles. The molecule has 0 saturated heterocycles. The highest BCUT2D eigenvalue weighted by atomic mass is 32.1. The maximum absolute atomic E-state index is 12.5. The van der Waals surface area contributed by atoms with Crippen LogP contribution in [0.15, 0.2) is 54.6 Å². The molecule has 2 aromatic carbocycles. The van der Waals surface area contributed by atoms with E-state index in [1.54, 1.807) is 30.3 Å². The summed E-state index contributed by atoms with van der Waals surface area (Å²) in [5.74, 6) is -0.942. The van der Waals surface area contributed by atoms with Gasteiger partial charge in [0.05, 0.1) is 0 Å². The van der Waals surface area contributed by atoms with Gasteiger partial charge in [0, 0.05) is 16.8 Å². The molecule has 0 unspecified atom stereocenters. The van der Waals surface area contributed by atoms with Crippen LogP contribution >= 0.6 is 11.3 Å². The Bertz CT molecular complexity index is 956. The van der Waals surface area contributed by atoms with Crippen LogP contribution < -0.4 is 10.6 Å². The predicted molar refractivity (Wildman–Crippen MR) is 93.7 cm³/mol. The van der Waals surface area contributed by atoms with E-state index in [4.69, 9.17) is 0 Å². The van der Waals surface area contributed by atoms with Gasteiger partial charge in [-0.2, -0.15) is 13.2 Å². The van der Waals surface area contributed by atoms with Crippen molar-refractivity contribution in [3.8, 4) is 0 Å². The minimum atomic E-state index is -4.61. The lowest BCUT2D eigenvalue weighted by molar-refractivity contribution is -0.138. The number of benzene rings is 2. The zero-order valence-corrected chi connectivity index (χ0v) is 14.3. The largest absolute Gasteiger partial charge is 0.445 e. The lowest BCUT2D eigenvalue weighted by Gasteiger charge is -2.06. The van der Waals surface area contributed by atoms with Crippen molar-refractivity contribution in [3.63, 3.8) is 0 Å². The SMILES string of the molecule is O=C(Nc1ccc(C(=O)Nc2nnc(C(F)(F)F)s2)cc1)c1ccccc1. The third-order valence-electron chi connectivity index (χ3n) is 3.33. The average Bonchev–Trinajstić information content (AvgIpc) is 3.12. The van der Waals surface area contributed by atoms with Crippen LogP contribution in [0.1, 0.15) is 25.7 Å². The highest BCUT2D eigenvalue weighted by molar-refractivity contribution is 7.15. The summed E-state index contributed by atoms with van der Waals surface area (Å²) in [6.45, 7) is 0. The van der Waals surface area contributed by atoms with Gasteiger partial charge in [-0.3, -0.25) is 14.9 Å². The Morgan fingerprint density at radius 1 is 0.815 bits per heavy atom. The quantitative estimate of drug-likeness (QED) is 0.701. The fourth-order valence-electron chi connectivity index (χ4n) is 2.06. The first-order chi connectivity index (χ1) is 12.8. The summed E-state index contributed by atoms with van der Waals surface area (Å²) in [7, 11) is 0. The van der Waals surface area contributed by atoms with Gasteiger partial charge in [0.1, 0.15) is 0 Å². The van der Waals surface area contributed by atoms with Gasteiger partial charge in [-0.05, 0) is 36.4 Å². The number of nitrogens with zero attached hydrogens (tertiary/aromatic N) is 2. The second-order valence-corrected chi connectivity index (χ2v) is 6.24. The van der Waals surface area contributed by atoms with Gasteiger partial charge in [-0.1, -0.05) is 29.5 Å². The number of alkyl halides is 3. The number of hydrogen-bond acceptors (Lipinski definition) is 5.